The van der Waals surface area contributed by atoms with Gasteiger partial charge in [0, 0.05) is 22.2 Å². The molecule has 4 nitrogen and oxygen atoms in total. The van der Waals surface area contributed by atoms with E-state index >= 15 is 0 Å². The van der Waals surface area contributed by atoms with Crippen molar-refractivity contribution in [2.75, 3.05) is 0 Å². The van der Waals surface area contributed by atoms with E-state index in [-0.39, 0.29) is 0 Å². The minimum absolute atomic E-state index is 0.842. The number of fused-ring (bicyclic) bond motifs is 2. The average Bonchev–Trinajstić information content (AvgIpc) is 2.57. The Morgan fingerprint density at radius 3 is 1.27 bits per heavy atom. The first-order chi connectivity index (χ1) is 12.3. The second-order valence-electron chi connectivity index (χ2n) is 6.75. The molecule has 2 aromatic heterocycles. The van der Waals surface area contributed by atoms with E-state index in [9.17, 15) is 0 Å². The molecular weight excluding hydrogens is 320 g/mol. The summed E-state index contributed by atoms with van der Waals surface area (Å²) in [6.45, 7) is 12.1. The topological polar surface area (TPSA) is 51.6 Å². The summed E-state index contributed by atoms with van der Waals surface area (Å²) >= 11 is 0. The Kier molecular flexibility index (Phi) is 4.94. The molecule has 0 saturated carbocycles. The van der Waals surface area contributed by atoms with E-state index in [1.165, 1.54) is 11.1 Å². The standard InChI is InChI=1S/2C11H12N2/c2*1-7-4-5-11-10(6-7)8(2)12-9(3)13-11/h2*4-6H,1-3H3. The van der Waals surface area contributed by atoms with Crippen LogP contribution in [0.5, 0.6) is 0 Å². The first-order valence-corrected chi connectivity index (χ1v) is 8.76. The lowest BCUT2D eigenvalue weighted by Crippen LogP contribution is -1.93. The van der Waals surface area contributed by atoms with Gasteiger partial charge in [-0.2, -0.15) is 0 Å². The quantitative estimate of drug-likeness (QED) is 0.445. The summed E-state index contributed by atoms with van der Waals surface area (Å²) < 4.78 is 0. The Balaban J connectivity index is 0.000000151. The van der Waals surface area contributed by atoms with Crippen LogP contribution in [0.25, 0.3) is 21.8 Å². The molecule has 4 heteroatoms. The fraction of sp³-hybridized carbons (Fsp3) is 0.273. The van der Waals surface area contributed by atoms with Crippen LogP contribution in [0.15, 0.2) is 36.4 Å². The van der Waals surface area contributed by atoms with Gasteiger partial charge < -0.3 is 0 Å². The molecule has 2 heterocycles. The smallest absolute Gasteiger partial charge is 0.126 e. The van der Waals surface area contributed by atoms with Gasteiger partial charge in [0.25, 0.3) is 0 Å². The highest BCUT2D eigenvalue weighted by Gasteiger charge is 2.01. The number of aryl methyl sites for hydroxylation is 6. The molecule has 0 unspecified atom stereocenters. The second kappa shape index (κ2) is 7.16. The van der Waals surface area contributed by atoms with Crippen molar-refractivity contribution in [1.82, 2.24) is 19.9 Å². The van der Waals surface area contributed by atoms with E-state index in [2.05, 4.69) is 58.0 Å². The molecule has 0 amide bonds. The van der Waals surface area contributed by atoms with Crippen molar-refractivity contribution in [2.24, 2.45) is 0 Å². The maximum atomic E-state index is 4.37. The summed E-state index contributed by atoms with van der Waals surface area (Å²) in [5.41, 5.74) is 6.70. The van der Waals surface area contributed by atoms with Crippen molar-refractivity contribution < 1.29 is 0 Å². The first kappa shape index (κ1) is 17.9. The number of nitrogens with zero attached hydrogens (tertiary/aromatic N) is 4. The van der Waals surface area contributed by atoms with Crippen LogP contribution in [0, 0.1) is 41.5 Å². The zero-order valence-corrected chi connectivity index (χ0v) is 16.3. The molecule has 4 rings (SSSR count). The summed E-state index contributed by atoms with van der Waals surface area (Å²) in [5.74, 6) is 1.68. The lowest BCUT2D eigenvalue weighted by molar-refractivity contribution is 1.05. The number of aromatic nitrogens is 4. The van der Waals surface area contributed by atoms with Crippen molar-refractivity contribution in [3.63, 3.8) is 0 Å². The lowest BCUT2D eigenvalue weighted by atomic mass is 10.1. The van der Waals surface area contributed by atoms with Gasteiger partial charge in [-0.05, 0) is 65.8 Å². The number of hydrogen-bond acceptors (Lipinski definition) is 4. The highest BCUT2D eigenvalue weighted by atomic mass is 14.9. The third kappa shape index (κ3) is 3.85. The number of hydrogen-bond donors (Lipinski definition) is 0. The zero-order valence-electron chi connectivity index (χ0n) is 16.3. The molecule has 26 heavy (non-hydrogen) atoms. The van der Waals surface area contributed by atoms with Crippen LogP contribution in [0.2, 0.25) is 0 Å². The Bertz CT molecular complexity index is 1010. The molecule has 0 fully saturated rings. The molecule has 0 aliphatic carbocycles. The molecule has 0 bridgehead atoms. The zero-order chi connectivity index (χ0) is 18.8. The van der Waals surface area contributed by atoms with Gasteiger partial charge in [0.05, 0.1) is 11.0 Å². The van der Waals surface area contributed by atoms with Crippen LogP contribution in [-0.4, -0.2) is 19.9 Å². The summed E-state index contributed by atoms with van der Waals surface area (Å²) in [5, 5.41) is 2.32. The van der Waals surface area contributed by atoms with Crippen molar-refractivity contribution >= 4 is 21.8 Å². The van der Waals surface area contributed by atoms with Gasteiger partial charge in [-0.3, -0.25) is 0 Å². The third-order valence-electron chi connectivity index (χ3n) is 4.31. The Hall–Kier alpha value is -2.88. The Labute approximate surface area is 154 Å². The average molecular weight is 344 g/mol. The normalized spacial score (nSPS) is 10.7. The molecule has 4 aromatic rings. The van der Waals surface area contributed by atoms with Crippen molar-refractivity contribution in [1.29, 1.82) is 0 Å². The van der Waals surface area contributed by atoms with E-state index in [0.29, 0.717) is 0 Å². The van der Waals surface area contributed by atoms with Gasteiger partial charge in [-0.25, -0.2) is 19.9 Å². The van der Waals surface area contributed by atoms with E-state index in [4.69, 9.17) is 0 Å². The molecule has 0 aliphatic heterocycles. The Morgan fingerprint density at radius 1 is 0.500 bits per heavy atom. The van der Waals surface area contributed by atoms with E-state index in [1.54, 1.807) is 0 Å². The van der Waals surface area contributed by atoms with Gasteiger partial charge in [-0.15, -0.1) is 0 Å². The number of benzene rings is 2. The predicted octanol–water partition coefficient (Wildman–Crippen LogP) is 5.11. The van der Waals surface area contributed by atoms with Crippen molar-refractivity contribution in [2.45, 2.75) is 41.5 Å². The maximum absolute atomic E-state index is 4.37. The molecule has 0 aliphatic rings. The van der Waals surface area contributed by atoms with Crippen LogP contribution in [-0.2, 0) is 0 Å². The predicted molar refractivity (Wildman–Crippen MR) is 107 cm³/mol. The number of rotatable bonds is 0. The van der Waals surface area contributed by atoms with Gasteiger partial charge >= 0.3 is 0 Å². The van der Waals surface area contributed by atoms with E-state index in [0.717, 1.165) is 44.8 Å². The van der Waals surface area contributed by atoms with Crippen LogP contribution < -0.4 is 0 Å². The van der Waals surface area contributed by atoms with Gasteiger partial charge in [0.15, 0.2) is 0 Å². The molecule has 0 N–H and O–H groups in total. The van der Waals surface area contributed by atoms with Crippen molar-refractivity contribution in [3.8, 4) is 0 Å². The highest BCUT2D eigenvalue weighted by Crippen LogP contribution is 2.17. The van der Waals surface area contributed by atoms with E-state index in [1.807, 2.05) is 39.8 Å². The molecular formula is C22H24N4. The van der Waals surface area contributed by atoms with Crippen LogP contribution >= 0.6 is 0 Å². The minimum Gasteiger partial charge on any atom is -0.238 e. The van der Waals surface area contributed by atoms with Crippen LogP contribution in [0.4, 0.5) is 0 Å². The molecule has 0 saturated heterocycles. The Morgan fingerprint density at radius 2 is 0.885 bits per heavy atom. The van der Waals surface area contributed by atoms with Gasteiger partial charge in [-0.1, -0.05) is 23.3 Å². The molecule has 0 atom stereocenters. The van der Waals surface area contributed by atoms with Gasteiger partial charge in [0.1, 0.15) is 11.6 Å². The molecule has 132 valence electrons. The first-order valence-electron chi connectivity index (χ1n) is 8.76. The minimum atomic E-state index is 0.842. The lowest BCUT2D eigenvalue weighted by Gasteiger charge is -2.02. The van der Waals surface area contributed by atoms with Gasteiger partial charge in [0.2, 0.25) is 0 Å². The second-order valence-corrected chi connectivity index (χ2v) is 6.75. The molecule has 0 spiro atoms. The summed E-state index contributed by atoms with van der Waals surface area (Å²) in [4.78, 5) is 17.4. The van der Waals surface area contributed by atoms with Crippen LogP contribution in [0.3, 0.4) is 0 Å². The van der Waals surface area contributed by atoms with Crippen molar-refractivity contribution in [3.05, 3.63) is 70.6 Å². The maximum Gasteiger partial charge on any atom is 0.126 e. The summed E-state index contributed by atoms with van der Waals surface area (Å²) in [6, 6.07) is 12.5. The molecule has 0 radical (unpaired) electrons. The monoisotopic (exact) mass is 344 g/mol. The summed E-state index contributed by atoms with van der Waals surface area (Å²) in [6.07, 6.45) is 0. The van der Waals surface area contributed by atoms with Crippen LogP contribution in [0.1, 0.15) is 34.2 Å². The SMILES string of the molecule is Cc1ccc2nc(C)nc(C)c2c1.Cc1ccc2nc(C)nc(C)c2c1. The fourth-order valence-corrected chi connectivity index (χ4v) is 3.08. The highest BCUT2D eigenvalue weighted by molar-refractivity contribution is 5.82. The molecule has 2 aromatic carbocycles. The summed E-state index contributed by atoms with van der Waals surface area (Å²) in [7, 11) is 0. The fourth-order valence-electron chi connectivity index (χ4n) is 3.08. The third-order valence-corrected chi connectivity index (χ3v) is 4.31. The van der Waals surface area contributed by atoms with E-state index < -0.39 is 0 Å². The largest absolute Gasteiger partial charge is 0.238 e.